The van der Waals surface area contributed by atoms with Crippen molar-refractivity contribution in [3.8, 4) is 0 Å². The zero-order chi connectivity index (χ0) is 19.4. The number of amides is 2. The summed E-state index contributed by atoms with van der Waals surface area (Å²) in [6, 6.07) is 4.51. The summed E-state index contributed by atoms with van der Waals surface area (Å²) in [6.07, 6.45) is 7.86. The summed E-state index contributed by atoms with van der Waals surface area (Å²) in [6.45, 7) is 5.76. The second-order valence-electron chi connectivity index (χ2n) is 7.35. The molecule has 1 aliphatic carbocycles. The van der Waals surface area contributed by atoms with Gasteiger partial charge in [-0.25, -0.2) is 9.18 Å². The van der Waals surface area contributed by atoms with Crippen molar-refractivity contribution in [2.75, 3.05) is 10.6 Å². The van der Waals surface area contributed by atoms with E-state index in [0.29, 0.717) is 11.3 Å². The van der Waals surface area contributed by atoms with E-state index in [4.69, 9.17) is 0 Å². The number of pyridine rings is 1. The molecular formula is C21H27FN4O. The van der Waals surface area contributed by atoms with Gasteiger partial charge in [-0.1, -0.05) is 12.8 Å². The lowest BCUT2D eigenvalue weighted by atomic mass is 9.90. The number of aromatic nitrogens is 1. The number of carbonyl (C=O) groups is 1. The minimum absolute atomic E-state index is 0.0345. The van der Waals surface area contributed by atoms with Crippen LogP contribution < -0.4 is 16.0 Å². The van der Waals surface area contributed by atoms with Gasteiger partial charge in [0.15, 0.2) is 0 Å². The number of benzene rings is 1. The molecule has 2 aromatic rings. The molecule has 1 saturated carbocycles. The molecule has 1 aromatic heterocycles. The van der Waals surface area contributed by atoms with Crippen LogP contribution in [0, 0.1) is 26.6 Å². The third-order valence-electron chi connectivity index (χ3n) is 5.15. The number of anilines is 2. The predicted octanol–water partition coefficient (Wildman–Crippen LogP) is 4.69. The molecule has 0 radical (unpaired) electrons. The lowest BCUT2D eigenvalue weighted by Gasteiger charge is -2.34. The first-order valence-corrected chi connectivity index (χ1v) is 9.45. The molecule has 0 spiro atoms. The van der Waals surface area contributed by atoms with Crippen molar-refractivity contribution < 1.29 is 9.18 Å². The van der Waals surface area contributed by atoms with E-state index in [1.54, 1.807) is 19.1 Å². The van der Waals surface area contributed by atoms with Crippen molar-refractivity contribution in [2.24, 2.45) is 0 Å². The van der Waals surface area contributed by atoms with E-state index in [-0.39, 0.29) is 23.9 Å². The molecule has 1 heterocycles. The molecule has 2 amide bonds. The first kappa shape index (κ1) is 19.1. The maximum atomic E-state index is 13.4. The van der Waals surface area contributed by atoms with E-state index in [1.165, 1.54) is 6.07 Å². The standard InChI is InChI=1S/C21H27FN4O/c1-13-10-16(8-9-17(13)22)24-21(27)26-19-7-5-4-6-18(19)25-20-14(2)11-23-12-15(20)3/h8-12,18-19H,4-7H2,1-3H3,(H,23,25)(H2,24,26,27). The van der Waals surface area contributed by atoms with E-state index in [2.05, 4.69) is 20.9 Å². The Balaban J connectivity index is 1.66. The van der Waals surface area contributed by atoms with Crippen LogP contribution in [0.3, 0.4) is 0 Å². The van der Waals surface area contributed by atoms with Crippen LogP contribution in [0.4, 0.5) is 20.6 Å². The SMILES string of the molecule is Cc1cc(NC(=O)NC2CCCCC2Nc2c(C)cncc2C)ccc1F. The van der Waals surface area contributed by atoms with Gasteiger partial charge in [0, 0.05) is 29.8 Å². The number of halogens is 1. The highest BCUT2D eigenvalue weighted by Crippen LogP contribution is 2.26. The summed E-state index contributed by atoms with van der Waals surface area (Å²) in [5, 5.41) is 9.52. The number of hydrogen-bond acceptors (Lipinski definition) is 3. The number of nitrogens with one attached hydrogen (secondary N) is 3. The Hall–Kier alpha value is -2.63. The highest BCUT2D eigenvalue weighted by Gasteiger charge is 2.27. The van der Waals surface area contributed by atoms with Gasteiger partial charge < -0.3 is 16.0 Å². The third-order valence-corrected chi connectivity index (χ3v) is 5.15. The first-order valence-electron chi connectivity index (χ1n) is 9.45. The van der Waals surface area contributed by atoms with Gasteiger partial charge in [-0.3, -0.25) is 4.98 Å². The Morgan fingerprint density at radius 3 is 2.37 bits per heavy atom. The fourth-order valence-electron chi connectivity index (χ4n) is 3.65. The number of urea groups is 1. The average molecular weight is 370 g/mol. The Labute approximate surface area is 159 Å². The second-order valence-corrected chi connectivity index (χ2v) is 7.35. The fourth-order valence-corrected chi connectivity index (χ4v) is 3.65. The van der Waals surface area contributed by atoms with E-state index < -0.39 is 0 Å². The Morgan fingerprint density at radius 1 is 1.04 bits per heavy atom. The van der Waals surface area contributed by atoms with Gasteiger partial charge in [-0.05, 0) is 68.5 Å². The van der Waals surface area contributed by atoms with Crippen LogP contribution in [-0.2, 0) is 0 Å². The molecule has 3 N–H and O–H groups in total. The molecule has 1 aromatic carbocycles. The number of hydrogen-bond donors (Lipinski definition) is 3. The smallest absolute Gasteiger partial charge is 0.319 e. The van der Waals surface area contributed by atoms with Crippen LogP contribution >= 0.6 is 0 Å². The summed E-state index contributed by atoms with van der Waals surface area (Å²) in [5.41, 5.74) is 4.40. The lowest BCUT2D eigenvalue weighted by molar-refractivity contribution is 0.242. The summed E-state index contributed by atoms with van der Waals surface area (Å²) in [5.74, 6) is -0.277. The van der Waals surface area contributed by atoms with Crippen molar-refractivity contribution in [3.05, 3.63) is 53.1 Å². The summed E-state index contributed by atoms with van der Waals surface area (Å²) in [7, 11) is 0. The van der Waals surface area contributed by atoms with Crippen LogP contribution in [-0.4, -0.2) is 23.1 Å². The molecule has 2 atom stereocenters. The molecule has 6 heteroatoms. The molecule has 1 fully saturated rings. The summed E-state index contributed by atoms with van der Waals surface area (Å²) < 4.78 is 13.4. The normalized spacial score (nSPS) is 19.4. The van der Waals surface area contributed by atoms with Crippen molar-refractivity contribution >= 4 is 17.4 Å². The molecule has 1 aliphatic rings. The number of carbonyl (C=O) groups excluding carboxylic acids is 1. The predicted molar refractivity (Wildman–Crippen MR) is 107 cm³/mol. The largest absolute Gasteiger partial charge is 0.380 e. The topological polar surface area (TPSA) is 66.1 Å². The molecular weight excluding hydrogens is 343 g/mol. The number of aryl methyl sites for hydroxylation is 3. The van der Waals surface area contributed by atoms with Crippen LogP contribution in [0.2, 0.25) is 0 Å². The highest BCUT2D eigenvalue weighted by molar-refractivity contribution is 5.89. The zero-order valence-electron chi connectivity index (χ0n) is 16.1. The molecule has 27 heavy (non-hydrogen) atoms. The van der Waals surface area contributed by atoms with Gasteiger partial charge in [-0.2, -0.15) is 0 Å². The van der Waals surface area contributed by atoms with Crippen molar-refractivity contribution in [3.63, 3.8) is 0 Å². The van der Waals surface area contributed by atoms with Crippen LogP contribution in [0.15, 0.2) is 30.6 Å². The molecule has 0 bridgehead atoms. The maximum absolute atomic E-state index is 13.4. The van der Waals surface area contributed by atoms with Crippen LogP contribution in [0.25, 0.3) is 0 Å². The highest BCUT2D eigenvalue weighted by atomic mass is 19.1. The van der Waals surface area contributed by atoms with Crippen molar-refractivity contribution in [2.45, 2.75) is 58.5 Å². The average Bonchev–Trinajstić information content (AvgIpc) is 2.63. The minimum atomic E-state index is -0.277. The van der Waals surface area contributed by atoms with Crippen LogP contribution in [0.5, 0.6) is 0 Å². The van der Waals surface area contributed by atoms with E-state index in [9.17, 15) is 9.18 Å². The quantitative estimate of drug-likeness (QED) is 0.731. The minimum Gasteiger partial charge on any atom is -0.380 e. The molecule has 3 rings (SSSR count). The van der Waals surface area contributed by atoms with E-state index in [0.717, 1.165) is 42.5 Å². The Kier molecular flexibility index (Phi) is 5.94. The number of nitrogens with zero attached hydrogens (tertiary/aromatic N) is 1. The van der Waals surface area contributed by atoms with Gasteiger partial charge in [0.1, 0.15) is 5.82 Å². The molecule has 144 valence electrons. The Morgan fingerprint density at radius 2 is 1.70 bits per heavy atom. The van der Waals surface area contributed by atoms with Gasteiger partial charge in [0.25, 0.3) is 0 Å². The number of rotatable bonds is 4. The Bertz CT molecular complexity index is 804. The summed E-state index contributed by atoms with van der Waals surface area (Å²) in [4.78, 5) is 16.7. The van der Waals surface area contributed by atoms with Crippen molar-refractivity contribution in [1.29, 1.82) is 0 Å². The van der Waals surface area contributed by atoms with Gasteiger partial charge in [0.2, 0.25) is 0 Å². The second kappa shape index (κ2) is 8.37. The summed E-state index contributed by atoms with van der Waals surface area (Å²) >= 11 is 0. The first-order chi connectivity index (χ1) is 12.9. The van der Waals surface area contributed by atoms with Gasteiger partial charge >= 0.3 is 6.03 Å². The van der Waals surface area contributed by atoms with Gasteiger partial charge in [0.05, 0.1) is 6.04 Å². The molecule has 0 saturated heterocycles. The lowest BCUT2D eigenvalue weighted by Crippen LogP contribution is -2.50. The molecule has 2 unspecified atom stereocenters. The molecule has 5 nitrogen and oxygen atoms in total. The monoisotopic (exact) mass is 370 g/mol. The molecule has 0 aliphatic heterocycles. The maximum Gasteiger partial charge on any atom is 0.319 e. The van der Waals surface area contributed by atoms with E-state index in [1.807, 2.05) is 26.2 Å². The van der Waals surface area contributed by atoms with Crippen molar-refractivity contribution in [1.82, 2.24) is 10.3 Å². The van der Waals surface area contributed by atoms with Gasteiger partial charge in [-0.15, -0.1) is 0 Å². The fraction of sp³-hybridized carbons (Fsp3) is 0.429. The van der Waals surface area contributed by atoms with Crippen LogP contribution in [0.1, 0.15) is 42.4 Å². The van der Waals surface area contributed by atoms with E-state index >= 15 is 0 Å². The zero-order valence-corrected chi connectivity index (χ0v) is 16.1. The third kappa shape index (κ3) is 4.76.